The number of methoxy groups -OCH3 is 1. The van der Waals surface area contributed by atoms with E-state index in [2.05, 4.69) is 4.90 Å². The molecule has 1 fully saturated rings. The van der Waals surface area contributed by atoms with E-state index in [1.54, 1.807) is 7.11 Å². The summed E-state index contributed by atoms with van der Waals surface area (Å²) in [7, 11) is 1.74. The van der Waals surface area contributed by atoms with Crippen molar-refractivity contribution >= 4 is 5.97 Å². The van der Waals surface area contributed by atoms with Crippen LogP contribution in [0.3, 0.4) is 0 Å². The van der Waals surface area contributed by atoms with Crippen LogP contribution in [0.25, 0.3) is 0 Å². The van der Waals surface area contributed by atoms with Crippen LogP contribution in [0.4, 0.5) is 0 Å². The first kappa shape index (κ1) is 13.5. The lowest BCUT2D eigenvalue weighted by Crippen LogP contribution is -2.39. The van der Waals surface area contributed by atoms with Crippen molar-refractivity contribution in [1.29, 1.82) is 0 Å². The average molecular weight is 229 g/mol. The molecule has 0 N–H and O–H groups in total. The van der Waals surface area contributed by atoms with Gasteiger partial charge in [0.25, 0.3) is 0 Å². The fourth-order valence-electron chi connectivity index (χ4n) is 2.03. The van der Waals surface area contributed by atoms with E-state index in [4.69, 9.17) is 9.47 Å². The van der Waals surface area contributed by atoms with Gasteiger partial charge >= 0.3 is 5.97 Å². The van der Waals surface area contributed by atoms with Crippen LogP contribution in [0.1, 0.15) is 26.7 Å². The normalized spacial score (nSPS) is 19.0. The zero-order valence-electron chi connectivity index (χ0n) is 10.6. The van der Waals surface area contributed by atoms with Crippen molar-refractivity contribution in [3.63, 3.8) is 0 Å². The average Bonchev–Trinajstić information content (AvgIpc) is 2.20. The van der Waals surface area contributed by atoms with Crippen LogP contribution in [0.2, 0.25) is 0 Å². The number of hydrogen-bond acceptors (Lipinski definition) is 4. The van der Waals surface area contributed by atoms with E-state index in [0.29, 0.717) is 12.5 Å². The Morgan fingerprint density at radius 3 is 2.50 bits per heavy atom. The van der Waals surface area contributed by atoms with Crippen LogP contribution in [0.5, 0.6) is 0 Å². The van der Waals surface area contributed by atoms with Crippen molar-refractivity contribution in [2.45, 2.75) is 32.8 Å². The van der Waals surface area contributed by atoms with Crippen LogP contribution in [0, 0.1) is 5.92 Å². The predicted molar refractivity (Wildman–Crippen MR) is 62.3 cm³/mol. The Morgan fingerprint density at radius 2 is 2.00 bits per heavy atom. The molecule has 16 heavy (non-hydrogen) atoms. The number of ether oxygens (including phenoxy) is 2. The highest BCUT2D eigenvalue weighted by molar-refractivity contribution is 5.71. The maximum atomic E-state index is 11.4. The van der Waals surface area contributed by atoms with Crippen LogP contribution in [-0.2, 0) is 14.3 Å². The lowest BCUT2D eigenvalue weighted by molar-refractivity contribution is -0.149. The Kier molecular flexibility index (Phi) is 5.77. The maximum absolute atomic E-state index is 11.4. The summed E-state index contributed by atoms with van der Waals surface area (Å²) >= 11 is 0. The highest BCUT2D eigenvalue weighted by atomic mass is 16.5. The van der Waals surface area contributed by atoms with Gasteiger partial charge in [0, 0.05) is 13.7 Å². The molecule has 0 bridgehead atoms. The minimum Gasteiger partial charge on any atom is -0.462 e. The molecular formula is C12H23NO3. The molecule has 0 radical (unpaired) electrons. The summed E-state index contributed by atoms with van der Waals surface area (Å²) in [6.07, 6.45) is 2.21. The Hall–Kier alpha value is -0.610. The molecule has 1 aliphatic heterocycles. The Morgan fingerprint density at radius 1 is 1.38 bits per heavy atom. The number of esters is 1. The van der Waals surface area contributed by atoms with Gasteiger partial charge in [0.15, 0.2) is 0 Å². The first-order valence-electron chi connectivity index (χ1n) is 6.02. The van der Waals surface area contributed by atoms with Gasteiger partial charge in [0.1, 0.15) is 0 Å². The summed E-state index contributed by atoms with van der Waals surface area (Å²) in [5, 5.41) is 0. The summed E-state index contributed by atoms with van der Waals surface area (Å²) in [5.74, 6) is 0.544. The van der Waals surface area contributed by atoms with Crippen LogP contribution in [-0.4, -0.2) is 50.3 Å². The third-order valence-corrected chi connectivity index (χ3v) is 2.83. The second-order valence-electron chi connectivity index (χ2n) is 4.71. The molecule has 1 aliphatic rings. The van der Waals surface area contributed by atoms with Gasteiger partial charge in [-0.15, -0.1) is 0 Å². The van der Waals surface area contributed by atoms with Gasteiger partial charge < -0.3 is 9.47 Å². The van der Waals surface area contributed by atoms with Crippen molar-refractivity contribution in [3.05, 3.63) is 0 Å². The van der Waals surface area contributed by atoms with E-state index in [1.165, 1.54) is 0 Å². The summed E-state index contributed by atoms with van der Waals surface area (Å²) < 4.78 is 10.3. The summed E-state index contributed by atoms with van der Waals surface area (Å²) in [4.78, 5) is 13.6. The molecule has 0 aliphatic carbocycles. The van der Waals surface area contributed by atoms with Gasteiger partial charge in [-0.3, -0.25) is 9.69 Å². The van der Waals surface area contributed by atoms with Crippen LogP contribution in [0.15, 0.2) is 0 Å². The molecule has 0 spiro atoms. The number of rotatable bonds is 5. The summed E-state index contributed by atoms with van der Waals surface area (Å²) in [6.45, 7) is 6.97. The SMILES string of the molecule is COCC1CCN(CC(=O)OC(C)C)CC1. The van der Waals surface area contributed by atoms with Crippen LogP contribution < -0.4 is 0 Å². The van der Waals surface area contributed by atoms with E-state index < -0.39 is 0 Å². The molecule has 0 unspecified atom stereocenters. The molecule has 94 valence electrons. The smallest absolute Gasteiger partial charge is 0.320 e. The quantitative estimate of drug-likeness (QED) is 0.666. The molecule has 1 heterocycles. The third-order valence-electron chi connectivity index (χ3n) is 2.83. The lowest BCUT2D eigenvalue weighted by Gasteiger charge is -2.30. The molecule has 0 saturated carbocycles. The molecule has 0 aromatic carbocycles. The zero-order chi connectivity index (χ0) is 12.0. The molecule has 1 saturated heterocycles. The maximum Gasteiger partial charge on any atom is 0.320 e. The monoisotopic (exact) mass is 229 g/mol. The summed E-state index contributed by atoms with van der Waals surface area (Å²) in [5.41, 5.74) is 0. The lowest BCUT2D eigenvalue weighted by atomic mass is 9.98. The molecule has 1 rings (SSSR count). The zero-order valence-corrected chi connectivity index (χ0v) is 10.6. The first-order chi connectivity index (χ1) is 7.61. The van der Waals surface area contributed by atoms with Crippen molar-refractivity contribution in [3.8, 4) is 0 Å². The number of carbonyl (C=O) groups is 1. The molecular weight excluding hydrogens is 206 g/mol. The molecule has 0 aromatic rings. The van der Waals surface area contributed by atoms with E-state index in [0.717, 1.165) is 32.5 Å². The highest BCUT2D eigenvalue weighted by Crippen LogP contribution is 2.16. The Balaban J connectivity index is 2.19. The van der Waals surface area contributed by atoms with Crippen molar-refractivity contribution in [2.75, 3.05) is 33.4 Å². The van der Waals surface area contributed by atoms with Gasteiger partial charge in [-0.05, 0) is 45.7 Å². The highest BCUT2D eigenvalue weighted by Gasteiger charge is 2.21. The standard InChI is InChI=1S/C12H23NO3/c1-10(2)16-12(14)8-13-6-4-11(5-7-13)9-15-3/h10-11H,4-9H2,1-3H3. The second-order valence-corrected chi connectivity index (χ2v) is 4.71. The summed E-state index contributed by atoms with van der Waals surface area (Å²) in [6, 6.07) is 0. The van der Waals surface area contributed by atoms with Crippen LogP contribution >= 0.6 is 0 Å². The van der Waals surface area contributed by atoms with Gasteiger partial charge in [-0.25, -0.2) is 0 Å². The number of nitrogens with zero attached hydrogens (tertiary/aromatic N) is 1. The number of likely N-dealkylation sites (tertiary alicyclic amines) is 1. The fraction of sp³-hybridized carbons (Fsp3) is 0.917. The minimum atomic E-state index is -0.111. The Labute approximate surface area is 97.9 Å². The molecule has 0 atom stereocenters. The van der Waals surface area contributed by atoms with Gasteiger partial charge in [0.2, 0.25) is 0 Å². The number of carbonyl (C=O) groups excluding carboxylic acids is 1. The van der Waals surface area contributed by atoms with Crippen molar-refractivity contribution in [1.82, 2.24) is 4.90 Å². The molecule has 0 aromatic heterocycles. The van der Waals surface area contributed by atoms with Crippen molar-refractivity contribution < 1.29 is 14.3 Å². The largest absolute Gasteiger partial charge is 0.462 e. The van der Waals surface area contributed by atoms with E-state index in [-0.39, 0.29) is 12.1 Å². The molecule has 4 nitrogen and oxygen atoms in total. The van der Waals surface area contributed by atoms with Gasteiger partial charge in [-0.1, -0.05) is 0 Å². The van der Waals surface area contributed by atoms with Crippen molar-refractivity contribution in [2.24, 2.45) is 5.92 Å². The number of hydrogen-bond donors (Lipinski definition) is 0. The van der Waals surface area contributed by atoms with E-state index in [1.807, 2.05) is 13.8 Å². The van der Waals surface area contributed by atoms with E-state index in [9.17, 15) is 4.79 Å². The Bertz CT molecular complexity index is 210. The third kappa shape index (κ3) is 4.94. The van der Waals surface area contributed by atoms with Gasteiger partial charge in [-0.2, -0.15) is 0 Å². The first-order valence-corrected chi connectivity index (χ1v) is 6.02. The molecule has 4 heteroatoms. The number of piperidine rings is 1. The molecule has 0 amide bonds. The second kappa shape index (κ2) is 6.86. The van der Waals surface area contributed by atoms with Gasteiger partial charge in [0.05, 0.1) is 12.6 Å². The van der Waals surface area contributed by atoms with E-state index >= 15 is 0 Å². The minimum absolute atomic E-state index is 0.0152. The topological polar surface area (TPSA) is 38.8 Å². The fourth-order valence-corrected chi connectivity index (χ4v) is 2.03. The predicted octanol–water partition coefficient (Wildman–Crippen LogP) is 1.30.